The van der Waals surface area contributed by atoms with Gasteiger partial charge in [-0.05, 0) is 31.5 Å². The Hall–Kier alpha value is -0.890. The minimum Gasteiger partial charge on any atom is -0.299 e. The molecule has 1 saturated carbocycles. The van der Waals surface area contributed by atoms with Crippen molar-refractivity contribution >= 4 is 0 Å². The molecule has 0 bridgehead atoms. The fourth-order valence-corrected chi connectivity index (χ4v) is 1.42. The van der Waals surface area contributed by atoms with E-state index >= 15 is 0 Å². The number of rotatable bonds is 3. The predicted octanol–water partition coefficient (Wildman–Crippen LogP) is 1.68. The van der Waals surface area contributed by atoms with Gasteiger partial charge >= 0.3 is 0 Å². The van der Waals surface area contributed by atoms with Crippen LogP contribution in [0.4, 0.5) is 0 Å². The van der Waals surface area contributed by atoms with Crippen molar-refractivity contribution in [3.63, 3.8) is 0 Å². The van der Waals surface area contributed by atoms with E-state index in [2.05, 4.69) is 23.0 Å². The SMILES string of the molecule is CN(Cc1cccnc1)C1CC1. The number of hydrogen-bond acceptors (Lipinski definition) is 2. The molecule has 1 aromatic heterocycles. The molecule has 0 N–H and O–H groups in total. The van der Waals surface area contributed by atoms with Crippen molar-refractivity contribution in [3.8, 4) is 0 Å². The van der Waals surface area contributed by atoms with E-state index in [1.165, 1.54) is 18.4 Å². The van der Waals surface area contributed by atoms with Crippen LogP contribution in [0.25, 0.3) is 0 Å². The molecule has 1 fully saturated rings. The molecule has 2 heteroatoms. The standard InChI is InChI=1S/C10H14N2/c1-12(10-4-5-10)8-9-3-2-6-11-7-9/h2-3,6-7,10H,4-5,8H2,1H3. The maximum absolute atomic E-state index is 4.09. The van der Waals surface area contributed by atoms with Gasteiger partial charge in [0.1, 0.15) is 0 Å². The first-order valence-electron chi connectivity index (χ1n) is 4.45. The number of nitrogens with zero attached hydrogens (tertiary/aromatic N) is 2. The third kappa shape index (κ3) is 1.83. The summed E-state index contributed by atoms with van der Waals surface area (Å²) in [4.78, 5) is 6.49. The molecule has 2 nitrogen and oxygen atoms in total. The van der Waals surface area contributed by atoms with Gasteiger partial charge in [-0.25, -0.2) is 0 Å². The fourth-order valence-electron chi connectivity index (χ4n) is 1.42. The predicted molar refractivity (Wildman–Crippen MR) is 48.7 cm³/mol. The lowest BCUT2D eigenvalue weighted by molar-refractivity contribution is 0.316. The molecule has 0 atom stereocenters. The molecule has 1 aliphatic rings. The summed E-state index contributed by atoms with van der Waals surface area (Å²) in [5.74, 6) is 0. The van der Waals surface area contributed by atoms with E-state index in [1.807, 2.05) is 18.5 Å². The highest BCUT2D eigenvalue weighted by Crippen LogP contribution is 2.26. The Balaban J connectivity index is 1.94. The highest BCUT2D eigenvalue weighted by Gasteiger charge is 2.25. The largest absolute Gasteiger partial charge is 0.299 e. The fraction of sp³-hybridized carbons (Fsp3) is 0.500. The molecule has 1 heterocycles. The van der Waals surface area contributed by atoms with Crippen molar-refractivity contribution in [2.24, 2.45) is 0 Å². The zero-order valence-electron chi connectivity index (χ0n) is 7.40. The quantitative estimate of drug-likeness (QED) is 0.672. The van der Waals surface area contributed by atoms with Gasteiger partial charge in [0, 0.05) is 25.0 Å². The first-order valence-corrected chi connectivity index (χ1v) is 4.45. The summed E-state index contributed by atoms with van der Waals surface area (Å²) in [5, 5.41) is 0. The van der Waals surface area contributed by atoms with E-state index in [0.717, 1.165) is 12.6 Å². The summed E-state index contributed by atoms with van der Waals surface area (Å²) in [6.45, 7) is 1.04. The molecule has 64 valence electrons. The van der Waals surface area contributed by atoms with Gasteiger partial charge in [0.2, 0.25) is 0 Å². The molecule has 0 unspecified atom stereocenters. The minimum atomic E-state index is 0.838. The van der Waals surface area contributed by atoms with E-state index in [9.17, 15) is 0 Å². The van der Waals surface area contributed by atoms with Gasteiger partial charge in [-0.1, -0.05) is 6.07 Å². The van der Waals surface area contributed by atoms with Gasteiger partial charge in [-0.2, -0.15) is 0 Å². The highest BCUT2D eigenvalue weighted by atomic mass is 15.1. The van der Waals surface area contributed by atoms with Gasteiger partial charge in [0.15, 0.2) is 0 Å². The first kappa shape index (κ1) is 7.74. The van der Waals surface area contributed by atoms with Crippen LogP contribution in [0.15, 0.2) is 24.5 Å². The second-order valence-corrected chi connectivity index (χ2v) is 3.51. The van der Waals surface area contributed by atoms with Crippen LogP contribution in [0.2, 0.25) is 0 Å². The lowest BCUT2D eigenvalue weighted by Gasteiger charge is -2.14. The topological polar surface area (TPSA) is 16.1 Å². The van der Waals surface area contributed by atoms with Crippen LogP contribution < -0.4 is 0 Å². The molecule has 0 radical (unpaired) electrons. The number of hydrogen-bond donors (Lipinski definition) is 0. The highest BCUT2D eigenvalue weighted by molar-refractivity contribution is 5.08. The van der Waals surface area contributed by atoms with Crippen molar-refractivity contribution in [1.82, 2.24) is 9.88 Å². The van der Waals surface area contributed by atoms with E-state index in [4.69, 9.17) is 0 Å². The molecule has 0 spiro atoms. The van der Waals surface area contributed by atoms with Crippen molar-refractivity contribution in [1.29, 1.82) is 0 Å². The van der Waals surface area contributed by atoms with E-state index in [0.29, 0.717) is 0 Å². The Morgan fingerprint density at radius 2 is 2.42 bits per heavy atom. The van der Waals surface area contributed by atoms with Crippen LogP contribution in [-0.2, 0) is 6.54 Å². The first-order chi connectivity index (χ1) is 5.86. The summed E-state index contributed by atoms with van der Waals surface area (Å²) < 4.78 is 0. The molecule has 2 rings (SSSR count). The molecule has 0 amide bonds. The average Bonchev–Trinajstić information content (AvgIpc) is 2.88. The van der Waals surface area contributed by atoms with Crippen molar-refractivity contribution in [2.45, 2.75) is 25.4 Å². The second kappa shape index (κ2) is 3.23. The van der Waals surface area contributed by atoms with Crippen LogP contribution >= 0.6 is 0 Å². The molecule has 0 saturated heterocycles. The van der Waals surface area contributed by atoms with Gasteiger partial charge in [0.25, 0.3) is 0 Å². The van der Waals surface area contributed by atoms with Gasteiger partial charge in [-0.15, -0.1) is 0 Å². The zero-order chi connectivity index (χ0) is 8.39. The molecule has 0 aromatic carbocycles. The summed E-state index contributed by atoms with van der Waals surface area (Å²) in [5.41, 5.74) is 1.31. The molecular formula is C10H14N2. The van der Waals surface area contributed by atoms with Crippen molar-refractivity contribution in [2.75, 3.05) is 7.05 Å². The molecule has 12 heavy (non-hydrogen) atoms. The molecule has 1 aliphatic carbocycles. The zero-order valence-corrected chi connectivity index (χ0v) is 7.40. The van der Waals surface area contributed by atoms with Crippen LogP contribution in [0.5, 0.6) is 0 Å². The number of aromatic nitrogens is 1. The Morgan fingerprint density at radius 3 is 3.00 bits per heavy atom. The van der Waals surface area contributed by atoms with Gasteiger partial charge < -0.3 is 0 Å². The second-order valence-electron chi connectivity index (χ2n) is 3.51. The molecule has 1 aromatic rings. The van der Waals surface area contributed by atoms with Gasteiger partial charge in [0.05, 0.1) is 0 Å². The average molecular weight is 162 g/mol. The van der Waals surface area contributed by atoms with Crippen LogP contribution in [0.3, 0.4) is 0 Å². The summed E-state index contributed by atoms with van der Waals surface area (Å²) >= 11 is 0. The third-order valence-corrected chi connectivity index (χ3v) is 2.32. The summed E-state index contributed by atoms with van der Waals surface area (Å²) in [6, 6.07) is 4.97. The van der Waals surface area contributed by atoms with Gasteiger partial charge in [-0.3, -0.25) is 9.88 Å². The van der Waals surface area contributed by atoms with Crippen LogP contribution in [-0.4, -0.2) is 23.0 Å². The molecular weight excluding hydrogens is 148 g/mol. The number of pyridine rings is 1. The lowest BCUT2D eigenvalue weighted by atomic mass is 10.3. The monoisotopic (exact) mass is 162 g/mol. The van der Waals surface area contributed by atoms with Crippen LogP contribution in [0, 0.1) is 0 Å². The maximum atomic E-state index is 4.09. The summed E-state index contributed by atoms with van der Waals surface area (Å²) in [6.07, 6.45) is 6.51. The normalized spacial score (nSPS) is 16.8. The Labute approximate surface area is 73.2 Å². The van der Waals surface area contributed by atoms with Crippen LogP contribution in [0.1, 0.15) is 18.4 Å². The Bertz CT molecular complexity index is 241. The molecule has 0 aliphatic heterocycles. The lowest BCUT2D eigenvalue weighted by Crippen LogP contribution is -2.19. The Morgan fingerprint density at radius 1 is 1.58 bits per heavy atom. The summed E-state index contributed by atoms with van der Waals surface area (Å²) in [7, 11) is 2.19. The third-order valence-electron chi connectivity index (χ3n) is 2.32. The van der Waals surface area contributed by atoms with E-state index < -0.39 is 0 Å². The van der Waals surface area contributed by atoms with E-state index in [-0.39, 0.29) is 0 Å². The smallest absolute Gasteiger partial charge is 0.0312 e. The Kier molecular flexibility index (Phi) is 2.09. The minimum absolute atomic E-state index is 0.838. The van der Waals surface area contributed by atoms with Crippen molar-refractivity contribution < 1.29 is 0 Å². The van der Waals surface area contributed by atoms with Crippen molar-refractivity contribution in [3.05, 3.63) is 30.1 Å². The maximum Gasteiger partial charge on any atom is 0.0312 e. The van der Waals surface area contributed by atoms with E-state index in [1.54, 1.807) is 0 Å².